The van der Waals surface area contributed by atoms with Crippen LogP contribution < -0.4 is 0 Å². The molecule has 0 N–H and O–H groups in total. The molecule has 5 heteroatoms. The SMILES string of the molecule is CC(C)(C)OC(=O)c1cnn2cccnc12. The van der Waals surface area contributed by atoms with Crippen LogP contribution in [0.3, 0.4) is 0 Å². The molecule has 2 aromatic rings. The monoisotopic (exact) mass is 219 g/mol. The van der Waals surface area contributed by atoms with Crippen LogP contribution >= 0.6 is 0 Å². The van der Waals surface area contributed by atoms with Crippen molar-refractivity contribution in [2.24, 2.45) is 0 Å². The van der Waals surface area contributed by atoms with E-state index in [0.717, 1.165) is 0 Å². The van der Waals surface area contributed by atoms with E-state index in [2.05, 4.69) is 10.1 Å². The molecular formula is C11H13N3O2. The van der Waals surface area contributed by atoms with Gasteiger partial charge in [-0.2, -0.15) is 5.10 Å². The van der Waals surface area contributed by atoms with Gasteiger partial charge >= 0.3 is 5.97 Å². The quantitative estimate of drug-likeness (QED) is 0.685. The van der Waals surface area contributed by atoms with Crippen LogP contribution in [0, 0.1) is 0 Å². The van der Waals surface area contributed by atoms with E-state index < -0.39 is 11.6 Å². The van der Waals surface area contributed by atoms with E-state index >= 15 is 0 Å². The maximum atomic E-state index is 11.8. The number of fused-ring (bicyclic) bond motifs is 1. The van der Waals surface area contributed by atoms with Crippen LogP contribution in [0.25, 0.3) is 5.65 Å². The normalized spacial score (nSPS) is 11.7. The number of hydrogen-bond donors (Lipinski definition) is 0. The van der Waals surface area contributed by atoms with Crippen molar-refractivity contribution < 1.29 is 9.53 Å². The highest BCUT2D eigenvalue weighted by molar-refractivity contribution is 5.95. The predicted octanol–water partition coefficient (Wildman–Crippen LogP) is 1.68. The third kappa shape index (κ3) is 2.03. The summed E-state index contributed by atoms with van der Waals surface area (Å²) < 4.78 is 6.80. The summed E-state index contributed by atoms with van der Waals surface area (Å²) in [5, 5.41) is 4.02. The van der Waals surface area contributed by atoms with E-state index in [1.54, 1.807) is 23.0 Å². The zero-order valence-electron chi connectivity index (χ0n) is 9.47. The van der Waals surface area contributed by atoms with Crippen LogP contribution in [-0.2, 0) is 4.74 Å². The van der Waals surface area contributed by atoms with Crippen LogP contribution in [0.2, 0.25) is 0 Å². The van der Waals surface area contributed by atoms with Crippen molar-refractivity contribution in [1.82, 2.24) is 14.6 Å². The van der Waals surface area contributed by atoms with Gasteiger partial charge in [-0.3, -0.25) is 0 Å². The number of ether oxygens (including phenoxy) is 1. The number of rotatable bonds is 1. The summed E-state index contributed by atoms with van der Waals surface area (Å²) in [6.07, 6.45) is 4.82. The van der Waals surface area contributed by atoms with E-state index in [1.165, 1.54) is 6.20 Å². The first-order chi connectivity index (χ1) is 7.47. The summed E-state index contributed by atoms with van der Waals surface area (Å²) in [6, 6.07) is 1.75. The van der Waals surface area contributed by atoms with E-state index in [1.807, 2.05) is 20.8 Å². The van der Waals surface area contributed by atoms with Gasteiger partial charge in [-0.15, -0.1) is 0 Å². The number of carbonyl (C=O) groups excluding carboxylic acids is 1. The molecule has 0 aromatic carbocycles. The lowest BCUT2D eigenvalue weighted by Crippen LogP contribution is -2.23. The largest absolute Gasteiger partial charge is 0.456 e. The first-order valence-electron chi connectivity index (χ1n) is 4.99. The van der Waals surface area contributed by atoms with Gasteiger partial charge in [-0.05, 0) is 26.8 Å². The van der Waals surface area contributed by atoms with Gasteiger partial charge in [-0.1, -0.05) is 0 Å². The first kappa shape index (κ1) is 10.6. The van der Waals surface area contributed by atoms with Crippen LogP contribution in [0.5, 0.6) is 0 Å². The van der Waals surface area contributed by atoms with Crippen LogP contribution in [0.4, 0.5) is 0 Å². The number of nitrogens with zero attached hydrogens (tertiary/aromatic N) is 3. The Bertz CT molecular complexity index is 525. The first-order valence-corrected chi connectivity index (χ1v) is 4.99. The van der Waals surface area contributed by atoms with E-state index in [-0.39, 0.29) is 0 Å². The van der Waals surface area contributed by atoms with Gasteiger partial charge < -0.3 is 4.74 Å². The van der Waals surface area contributed by atoms with Gasteiger partial charge in [0.05, 0.1) is 6.20 Å². The molecule has 0 amide bonds. The summed E-state index contributed by atoms with van der Waals surface area (Å²) >= 11 is 0. The molecule has 0 saturated carbocycles. The highest BCUT2D eigenvalue weighted by atomic mass is 16.6. The van der Waals surface area contributed by atoms with Crippen molar-refractivity contribution >= 4 is 11.6 Å². The number of hydrogen-bond acceptors (Lipinski definition) is 4. The lowest BCUT2D eigenvalue weighted by molar-refractivity contribution is 0.00716. The topological polar surface area (TPSA) is 56.5 Å². The third-order valence-electron chi connectivity index (χ3n) is 1.90. The second-order valence-electron chi connectivity index (χ2n) is 4.45. The minimum atomic E-state index is -0.514. The summed E-state index contributed by atoms with van der Waals surface area (Å²) in [5.74, 6) is -0.402. The van der Waals surface area contributed by atoms with Gasteiger partial charge in [0.15, 0.2) is 5.65 Å². The molecule has 2 rings (SSSR count). The molecule has 0 aliphatic carbocycles. The molecule has 16 heavy (non-hydrogen) atoms. The zero-order chi connectivity index (χ0) is 11.8. The van der Waals surface area contributed by atoms with Gasteiger partial charge in [-0.25, -0.2) is 14.3 Å². The summed E-state index contributed by atoms with van der Waals surface area (Å²) in [7, 11) is 0. The van der Waals surface area contributed by atoms with Crippen LogP contribution in [0.1, 0.15) is 31.1 Å². The summed E-state index contributed by atoms with van der Waals surface area (Å²) in [4.78, 5) is 15.9. The Labute approximate surface area is 93.1 Å². The fourth-order valence-corrected chi connectivity index (χ4v) is 1.30. The van der Waals surface area contributed by atoms with E-state index in [9.17, 15) is 4.79 Å². The molecule has 2 aromatic heterocycles. The summed E-state index contributed by atoms with van der Waals surface area (Å²) in [5.41, 5.74) is 0.382. The Kier molecular flexibility index (Phi) is 2.38. The van der Waals surface area contributed by atoms with Gasteiger partial charge in [0, 0.05) is 12.4 Å². The minimum Gasteiger partial charge on any atom is -0.456 e. The molecule has 0 fully saturated rings. The second kappa shape index (κ2) is 3.59. The molecule has 0 unspecified atom stereocenters. The predicted molar refractivity (Wildman–Crippen MR) is 58.2 cm³/mol. The van der Waals surface area contributed by atoms with E-state index in [4.69, 9.17) is 4.74 Å². The van der Waals surface area contributed by atoms with Crippen LogP contribution in [0.15, 0.2) is 24.7 Å². The molecule has 0 bridgehead atoms. The fourth-order valence-electron chi connectivity index (χ4n) is 1.30. The average molecular weight is 219 g/mol. The summed E-state index contributed by atoms with van der Waals surface area (Å²) in [6.45, 7) is 5.47. The van der Waals surface area contributed by atoms with Crippen molar-refractivity contribution in [2.45, 2.75) is 26.4 Å². The molecule has 0 aliphatic rings. The molecule has 0 aliphatic heterocycles. The van der Waals surface area contributed by atoms with Crippen molar-refractivity contribution in [3.8, 4) is 0 Å². The molecule has 0 radical (unpaired) electrons. The Morgan fingerprint density at radius 3 is 2.88 bits per heavy atom. The smallest absolute Gasteiger partial charge is 0.344 e. The van der Waals surface area contributed by atoms with E-state index in [0.29, 0.717) is 11.2 Å². The van der Waals surface area contributed by atoms with Crippen molar-refractivity contribution in [3.05, 3.63) is 30.2 Å². The van der Waals surface area contributed by atoms with Gasteiger partial charge in [0.1, 0.15) is 11.2 Å². The Balaban J connectivity index is 2.37. The highest BCUT2D eigenvalue weighted by Crippen LogP contribution is 2.14. The Morgan fingerprint density at radius 2 is 2.19 bits per heavy atom. The third-order valence-corrected chi connectivity index (χ3v) is 1.90. The van der Waals surface area contributed by atoms with Gasteiger partial charge in [0.25, 0.3) is 0 Å². The molecule has 0 saturated heterocycles. The lowest BCUT2D eigenvalue weighted by Gasteiger charge is -2.18. The molecule has 84 valence electrons. The molecular weight excluding hydrogens is 206 g/mol. The molecule has 5 nitrogen and oxygen atoms in total. The lowest BCUT2D eigenvalue weighted by atomic mass is 10.2. The average Bonchev–Trinajstić information content (AvgIpc) is 2.58. The maximum Gasteiger partial charge on any atom is 0.344 e. The highest BCUT2D eigenvalue weighted by Gasteiger charge is 2.21. The Morgan fingerprint density at radius 1 is 1.44 bits per heavy atom. The molecule has 2 heterocycles. The fraction of sp³-hybridized carbons (Fsp3) is 0.364. The zero-order valence-corrected chi connectivity index (χ0v) is 9.47. The van der Waals surface area contributed by atoms with Gasteiger partial charge in [0.2, 0.25) is 0 Å². The number of carbonyl (C=O) groups is 1. The molecule has 0 spiro atoms. The Hall–Kier alpha value is -1.91. The van der Waals surface area contributed by atoms with Crippen LogP contribution in [-0.4, -0.2) is 26.2 Å². The van der Waals surface area contributed by atoms with Crippen molar-refractivity contribution in [2.75, 3.05) is 0 Å². The van der Waals surface area contributed by atoms with Crippen molar-refractivity contribution in [1.29, 1.82) is 0 Å². The molecule has 0 atom stereocenters. The second-order valence-corrected chi connectivity index (χ2v) is 4.45. The number of aromatic nitrogens is 3. The number of esters is 1. The minimum absolute atomic E-state index is 0.385. The van der Waals surface area contributed by atoms with Crippen molar-refractivity contribution in [3.63, 3.8) is 0 Å². The standard InChI is InChI=1S/C11H13N3O2/c1-11(2,3)16-10(15)8-7-13-14-6-4-5-12-9(8)14/h4-7H,1-3H3. The maximum absolute atomic E-state index is 11.8.